The lowest BCUT2D eigenvalue weighted by Crippen LogP contribution is -2.44. The summed E-state index contributed by atoms with van der Waals surface area (Å²) in [5, 5.41) is 0. The van der Waals surface area contributed by atoms with E-state index in [0.29, 0.717) is 11.3 Å². The summed E-state index contributed by atoms with van der Waals surface area (Å²) < 4.78 is 46.9. The van der Waals surface area contributed by atoms with E-state index < -0.39 is 12.4 Å². The van der Waals surface area contributed by atoms with E-state index in [2.05, 4.69) is 0 Å². The molecule has 0 atom stereocenters. The molecule has 1 heterocycles. The molecule has 2 aromatic carbocycles. The van der Waals surface area contributed by atoms with Crippen LogP contribution >= 0.6 is 0 Å². The molecule has 134 valence electrons. The van der Waals surface area contributed by atoms with Crippen molar-refractivity contribution in [1.29, 1.82) is 0 Å². The number of halogens is 3. The average molecular weight is 360 g/mol. The molecule has 0 fully saturated rings. The van der Waals surface area contributed by atoms with E-state index >= 15 is 0 Å². The van der Waals surface area contributed by atoms with Crippen molar-refractivity contribution in [1.82, 2.24) is 4.57 Å². The number of ether oxygens (including phenoxy) is 1. The Kier molecular flexibility index (Phi) is 4.97. The number of alkyl halides is 3. The molecular formula is C19H15F3N2O2. The van der Waals surface area contributed by atoms with Gasteiger partial charge >= 0.3 is 12.4 Å². The molecule has 0 saturated heterocycles. The predicted octanol–water partition coefficient (Wildman–Crippen LogP) is 5.14. The largest absolute Gasteiger partial charge is 0.495 e. The molecule has 26 heavy (non-hydrogen) atoms. The fraction of sp³-hybridized carbons (Fsp3) is 0.105. The zero-order chi connectivity index (χ0) is 18.6. The van der Waals surface area contributed by atoms with Crippen molar-refractivity contribution in [2.45, 2.75) is 12.9 Å². The monoisotopic (exact) mass is 360 g/mol. The van der Waals surface area contributed by atoms with Crippen molar-refractivity contribution >= 4 is 11.9 Å². The van der Waals surface area contributed by atoms with E-state index in [-0.39, 0.29) is 17.3 Å². The van der Waals surface area contributed by atoms with Gasteiger partial charge in [-0.3, -0.25) is 0 Å². The molecular weight excluding hydrogens is 345 g/mol. The molecule has 3 rings (SSSR count). The van der Waals surface area contributed by atoms with Gasteiger partial charge in [-0.1, -0.05) is 48.5 Å². The van der Waals surface area contributed by atoms with Gasteiger partial charge in [0.2, 0.25) is 0 Å². The van der Waals surface area contributed by atoms with Crippen LogP contribution in [0.4, 0.5) is 23.8 Å². The second kappa shape index (κ2) is 7.35. The number of benzene rings is 2. The van der Waals surface area contributed by atoms with Gasteiger partial charge in [-0.25, -0.2) is 4.79 Å². The van der Waals surface area contributed by atoms with Crippen LogP contribution in [0.5, 0.6) is 0 Å². The van der Waals surface area contributed by atoms with Crippen LogP contribution in [-0.4, -0.2) is 17.0 Å². The minimum Gasteiger partial charge on any atom is -0.444 e. The lowest BCUT2D eigenvalue weighted by Gasteiger charge is -2.25. The highest BCUT2D eigenvalue weighted by atomic mass is 19.4. The third-order valence-electron chi connectivity index (χ3n) is 3.63. The van der Waals surface area contributed by atoms with Crippen molar-refractivity contribution in [2.75, 3.05) is 4.90 Å². The molecule has 7 heteroatoms. The smallest absolute Gasteiger partial charge is 0.444 e. The molecule has 0 radical (unpaired) electrons. The molecule has 4 nitrogen and oxygen atoms in total. The van der Waals surface area contributed by atoms with Gasteiger partial charge in [0.25, 0.3) is 0 Å². The second-order valence-corrected chi connectivity index (χ2v) is 5.42. The van der Waals surface area contributed by atoms with Crippen molar-refractivity contribution in [3.8, 4) is 5.69 Å². The van der Waals surface area contributed by atoms with Crippen LogP contribution in [0.15, 0.2) is 79.0 Å². The fourth-order valence-electron chi connectivity index (χ4n) is 2.47. The maximum absolute atomic E-state index is 13.6. The third-order valence-corrected chi connectivity index (χ3v) is 3.63. The number of carbonyl (C=O) groups is 1. The van der Waals surface area contributed by atoms with Gasteiger partial charge < -0.3 is 9.30 Å². The SMILES string of the molecule is O=C(OCc1ccccc1)N(c1cccn1-c1ccccc1)C(F)(F)F. The van der Waals surface area contributed by atoms with Crippen LogP contribution in [0.2, 0.25) is 0 Å². The van der Waals surface area contributed by atoms with E-state index in [1.165, 1.54) is 22.9 Å². The van der Waals surface area contributed by atoms with Crippen molar-refractivity contribution in [2.24, 2.45) is 0 Å². The van der Waals surface area contributed by atoms with Crippen LogP contribution < -0.4 is 4.90 Å². The quantitative estimate of drug-likeness (QED) is 0.604. The zero-order valence-corrected chi connectivity index (χ0v) is 13.6. The molecule has 0 spiro atoms. The molecule has 0 saturated carbocycles. The molecule has 1 amide bonds. The Balaban J connectivity index is 1.88. The summed E-state index contributed by atoms with van der Waals surface area (Å²) in [6.45, 7) is -0.252. The average Bonchev–Trinajstić information content (AvgIpc) is 3.09. The highest BCUT2D eigenvalue weighted by Gasteiger charge is 2.45. The summed E-state index contributed by atoms with van der Waals surface area (Å²) in [7, 11) is 0. The highest BCUT2D eigenvalue weighted by molar-refractivity contribution is 5.87. The van der Waals surface area contributed by atoms with Crippen LogP contribution in [0.25, 0.3) is 5.69 Å². The van der Waals surface area contributed by atoms with Gasteiger partial charge in [0, 0.05) is 11.9 Å². The van der Waals surface area contributed by atoms with Gasteiger partial charge in [0.1, 0.15) is 12.4 Å². The molecule has 1 aromatic heterocycles. The predicted molar refractivity (Wildman–Crippen MR) is 90.9 cm³/mol. The van der Waals surface area contributed by atoms with Crippen molar-refractivity contribution < 1.29 is 22.7 Å². The van der Waals surface area contributed by atoms with E-state index in [9.17, 15) is 18.0 Å². The lowest BCUT2D eigenvalue weighted by atomic mass is 10.2. The Hall–Kier alpha value is -3.22. The van der Waals surface area contributed by atoms with Crippen LogP contribution in [0, 0.1) is 0 Å². The van der Waals surface area contributed by atoms with E-state index in [0.717, 1.165) is 0 Å². The number of aromatic nitrogens is 1. The minimum atomic E-state index is -4.93. The van der Waals surface area contributed by atoms with E-state index in [1.807, 2.05) is 0 Å². The Morgan fingerprint density at radius 3 is 2.15 bits per heavy atom. The third kappa shape index (κ3) is 3.88. The first kappa shape index (κ1) is 17.6. The minimum absolute atomic E-state index is 0.252. The molecule has 0 unspecified atom stereocenters. The number of hydrogen-bond acceptors (Lipinski definition) is 2. The first-order valence-electron chi connectivity index (χ1n) is 7.77. The Morgan fingerprint density at radius 2 is 1.54 bits per heavy atom. The molecule has 0 aliphatic carbocycles. The molecule has 0 aliphatic rings. The van der Waals surface area contributed by atoms with Crippen LogP contribution in [0.1, 0.15) is 5.56 Å². The maximum Gasteiger partial charge on any atom is 0.495 e. The topological polar surface area (TPSA) is 34.5 Å². The maximum atomic E-state index is 13.6. The van der Waals surface area contributed by atoms with E-state index in [1.54, 1.807) is 60.7 Å². The normalized spacial score (nSPS) is 11.2. The van der Waals surface area contributed by atoms with Gasteiger partial charge in [-0.2, -0.15) is 4.90 Å². The highest BCUT2D eigenvalue weighted by Crippen LogP contribution is 2.31. The van der Waals surface area contributed by atoms with Crippen LogP contribution in [0.3, 0.4) is 0 Å². The number of carbonyl (C=O) groups excluding carboxylic acids is 1. The second-order valence-electron chi connectivity index (χ2n) is 5.42. The number of rotatable bonds is 4. The molecule has 0 N–H and O–H groups in total. The Morgan fingerprint density at radius 1 is 0.923 bits per heavy atom. The summed E-state index contributed by atoms with van der Waals surface area (Å²) in [4.78, 5) is 11.9. The number of amides is 1. The van der Waals surface area contributed by atoms with Crippen LogP contribution in [-0.2, 0) is 11.3 Å². The lowest BCUT2D eigenvalue weighted by molar-refractivity contribution is -0.125. The summed E-state index contributed by atoms with van der Waals surface area (Å²) in [5.74, 6) is -0.346. The zero-order valence-electron chi connectivity index (χ0n) is 13.6. The molecule has 3 aromatic rings. The standard InChI is InChI=1S/C19H15F3N2O2/c20-19(21,22)24(18(25)26-14-15-8-3-1-4-9-15)17-12-7-13-23(17)16-10-5-2-6-11-16/h1-13H,14H2. The Labute approximate surface area is 148 Å². The Bertz CT molecular complexity index is 861. The van der Waals surface area contributed by atoms with Gasteiger partial charge in [-0.15, -0.1) is 13.2 Å². The van der Waals surface area contributed by atoms with Crippen molar-refractivity contribution in [3.63, 3.8) is 0 Å². The first-order chi connectivity index (χ1) is 12.5. The van der Waals surface area contributed by atoms with E-state index in [4.69, 9.17) is 4.74 Å². The number of hydrogen-bond donors (Lipinski definition) is 0. The summed E-state index contributed by atoms with van der Waals surface area (Å²) in [5.41, 5.74) is 1.10. The van der Waals surface area contributed by atoms with Gasteiger partial charge in [0.05, 0.1) is 0 Å². The number of para-hydroxylation sites is 1. The first-order valence-corrected chi connectivity index (χ1v) is 7.77. The summed E-state index contributed by atoms with van der Waals surface area (Å²) in [6.07, 6.45) is -4.97. The fourth-order valence-corrected chi connectivity index (χ4v) is 2.47. The van der Waals surface area contributed by atoms with Crippen molar-refractivity contribution in [3.05, 3.63) is 84.6 Å². The number of anilines is 1. The number of nitrogens with zero attached hydrogens (tertiary/aromatic N) is 2. The molecule has 0 bridgehead atoms. The van der Waals surface area contributed by atoms with Gasteiger partial charge in [0.15, 0.2) is 0 Å². The molecule has 0 aliphatic heterocycles. The summed E-state index contributed by atoms with van der Waals surface area (Å²) in [6, 6.07) is 19.6. The van der Waals surface area contributed by atoms with Gasteiger partial charge in [-0.05, 0) is 29.8 Å². The summed E-state index contributed by atoms with van der Waals surface area (Å²) >= 11 is 0.